The molecule has 0 aromatic carbocycles. The summed E-state index contributed by atoms with van der Waals surface area (Å²) in [4.78, 5) is 10.5. The van der Waals surface area contributed by atoms with E-state index in [1.807, 2.05) is 45.1 Å². The fourth-order valence-electron chi connectivity index (χ4n) is 3.49. The highest BCUT2D eigenvalue weighted by atomic mass is 16.5. The minimum atomic E-state index is -0.770. The molecule has 0 bridgehead atoms. The van der Waals surface area contributed by atoms with Crippen molar-refractivity contribution in [1.82, 2.24) is 0 Å². The molecular weight excluding hydrogens is 382 g/mol. The van der Waals surface area contributed by atoms with Crippen molar-refractivity contribution in [3.63, 3.8) is 0 Å². The Morgan fingerprint density at radius 2 is 2.10 bits per heavy atom. The van der Waals surface area contributed by atoms with Crippen molar-refractivity contribution < 1.29 is 25.0 Å². The van der Waals surface area contributed by atoms with E-state index < -0.39 is 12.1 Å². The van der Waals surface area contributed by atoms with Gasteiger partial charge in [-0.05, 0) is 70.4 Å². The van der Waals surface area contributed by atoms with E-state index in [0.717, 1.165) is 49.1 Å². The number of hydrogen-bond donors (Lipinski definition) is 3. The van der Waals surface area contributed by atoms with E-state index in [-0.39, 0.29) is 18.9 Å². The van der Waals surface area contributed by atoms with Crippen LogP contribution >= 0.6 is 0 Å². The second kappa shape index (κ2) is 14.6. The zero-order valence-electron chi connectivity index (χ0n) is 18.5. The van der Waals surface area contributed by atoms with Crippen molar-refractivity contribution in [2.75, 3.05) is 6.61 Å². The normalized spacial score (nSPS) is 22.1. The molecule has 168 valence electrons. The van der Waals surface area contributed by atoms with Gasteiger partial charge in [0.05, 0.1) is 5.71 Å². The van der Waals surface area contributed by atoms with Crippen LogP contribution in [0.15, 0.2) is 52.9 Å². The van der Waals surface area contributed by atoms with Gasteiger partial charge in [-0.3, -0.25) is 4.79 Å². The Kier molecular flexibility index (Phi) is 12.5. The van der Waals surface area contributed by atoms with Crippen LogP contribution < -0.4 is 0 Å². The van der Waals surface area contributed by atoms with Crippen molar-refractivity contribution in [2.24, 2.45) is 17.0 Å². The number of nitrogens with zero attached hydrogens (tertiary/aromatic N) is 1. The molecule has 30 heavy (non-hydrogen) atoms. The van der Waals surface area contributed by atoms with Gasteiger partial charge in [-0.15, -0.1) is 0 Å². The van der Waals surface area contributed by atoms with Gasteiger partial charge in [0, 0.05) is 12.3 Å². The number of allylic oxidation sites excluding steroid dienone is 6. The SMILES string of the molecule is CC/C=C(\C=C(C)C)OC[C@H](O)/C=C/[C@H]1/C(=N\O)CC[C@@H]1C/C=C\CCCC(=O)O. The topological polar surface area (TPSA) is 99.4 Å². The Morgan fingerprint density at radius 1 is 1.33 bits per heavy atom. The van der Waals surface area contributed by atoms with Crippen LogP contribution in [0.5, 0.6) is 0 Å². The lowest BCUT2D eigenvalue weighted by atomic mass is 9.91. The quantitative estimate of drug-likeness (QED) is 0.0947. The predicted molar refractivity (Wildman–Crippen MR) is 120 cm³/mol. The minimum absolute atomic E-state index is 0.0169. The standard InChI is InChI=1S/C24H37NO5/c1-4-9-21(16-18(2)3)30-17-20(26)13-14-22-19(12-15-23(22)25-29)10-7-5-6-8-11-24(27)28/h5,7,9,13-14,16,19-20,22,26,29H,4,6,8,10-12,15,17H2,1-3H3,(H,27,28)/b7-5-,14-13+,21-9+,25-23-/t19-,20+,22+/m0/s1. The van der Waals surface area contributed by atoms with Crippen LogP contribution in [0, 0.1) is 11.8 Å². The number of carboxylic acid groups (broad SMARTS) is 1. The van der Waals surface area contributed by atoms with Crippen LogP contribution in [0.25, 0.3) is 0 Å². The molecule has 0 spiro atoms. The number of oxime groups is 1. The number of ether oxygens (including phenoxy) is 1. The third-order valence-corrected chi connectivity index (χ3v) is 4.96. The van der Waals surface area contributed by atoms with Gasteiger partial charge in [-0.1, -0.05) is 42.0 Å². The van der Waals surface area contributed by atoms with Crippen LogP contribution in [0.2, 0.25) is 0 Å². The first-order valence-electron chi connectivity index (χ1n) is 10.8. The van der Waals surface area contributed by atoms with E-state index in [1.54, 1.807) is 6.08 Å². The molecule has 0 unspecified atom stereocenters. The molecule has 1 rings (SSSR count). The lowest BCUT2D eigenvalue weighted by Crippen LogP contribution is -2.16. The number of aliphatic hydroxyl groups excluding tert-OH is 1. The molecule has 0 radical (unpaired) electrons. The molecule has 1 aliphatic carbocycles. The molecule has 3 atom stereocenters. The van der Waals surface area contributed by atoms with Crippen LogP contribution in [0.3, 0.4) is 0 Å². The van der Waals surface area contributed by atoms with E-state index in [2.05, 4.69) is 11.2 Å². The first-order chi connectivity index (χ1) is 14.4. The summed E-state index contributed by atoms with van der Waals surface area (Å²) in [5, 5.41) is 31.7. The van der Waals surface area contributed by atoms with Gasteiger partial charge in [0.15, 0.2) is 0 Å². The molecule has 1 aliphatic rings. The molecule has 1 saturated carbocycles. The number of rotatable bonds is 13. The highest BCUT2D eigenvalue weighted by molar-refractivity contribution is 5.90. The highest BCUT2D eigenvalue weighted by Crippen LogP contribution is 2.33. The summed E-state index contributed by atoms with van der Waals surface area (Å²) >= 11 is 0. The van der Waals surface area contributed by atoms with Crippen molar-refractivity contribution in [3.05, 3.63) is 47.8 Å². The molecule has 6 nitrogen and oxygen atoms in total. The number of aliphatic hydroxyl groups is 1. The monoisotopic (exact) mass is 419 g/mol. The van der Waals surface area contributed by atoms with Crippen molar-refractivity contribution >= 4 is 11.7 Å². The Hall–Kier alpha value is -2.34. The number of unbranched alkanes of at least 4 members (excludes halogenated alkanes) is 1. The summed E-state index contributed by atoms with van der Waals surface area (Å²) in [5.74, 6) is 0.275. The average molecular weight is 420 g/mol. The summed E-state index contributed by atoms with van der Waals surface area (Å²) in [7, 11) is 0. The molecule has 6 heteroatoms. The third kappa shape index (κ3) is 10.4. The van der Waals surface area contributed by atoms with Gasteiger partial charge in [0.2, 0.25) is 0 Å². The third-order valence-electron chi connectivity index (χ3n) is 4.96. The van der Waals surface area contributed by atoms with Gasteiger partial charge in [-0.25, -0.2) is 0 Å². The molecule has 3 N–H and O–H groups in total. The predicted octanol–water partition coefficient (Wildman–Crippen LogP) is 5.24. The zero-order chi connectivity index (χ0) is 22.4. The van der Waals surface area contributed by atoms with Gasteiger partial charge in [0.1, 0.15) is 18.5 Å². The maximum absolute atomic E-state index is 10.5. The van der Waals surface area contributed by atoms with Crippen LogP contribution in [-0.4, -0.2) is 39.8 Å². The van der Waals surface area contributed by atoms with Crippen LogP contribution in [0.4, 0.5) is 0 Å². The fourth-order valence-corrected chi connectivity index (χ4v) is 3.49. The first-order valence-corrected chi connectivity index (χ1v) is 10.8. The number of carboxylic acids is 1. The van der Waals surface area contributed by atoms with Crippen molar-refractivity contribution in [2.45, 2.75) is 71.8 Å². The molecule has 0 aromatic heterocycles. The number of hydrogen-bond acceptors (Lipinski definition) is 5. The molecule has 0 saturated heterocycles. The summed E-state index contributed by atoms with van der Waals surface area (Å²) in [6, 6.07) is 0. The van der Waals surface area contributed by atoms with Crippen molar-refractivity contribution in [3.8, 4) is 0 Å². The van der Waals surface area contributed by atoms with E-state index in [4.69, 9.17) is 9.84 Å². The van der Waals surface area contributed by atoms with Crippen LogP contribution in [0.1, 0.15) is 65.7 Å². The summed E-state index contributed by atoms with van der Waals surface area (Å²) < 4.78 is 5.72. The van der Waals surface area contributed by atoms with E-state index in [9.17, 15) is 15.1 Å². The fraction of sp³-hybridized carbons (Fsp3) is 0.583. The van der Waals surface area contributed by atoms with Crippen LogP contribution in [-0.2, 0) is 9.53 Å². The molecule has 1 fully saturated rings. The maximum atomic E-state index is 10.5. The zero-order valence-corrected chi connectivity index (χ0v) is 18.5. The molecule has 0 amide bonds. The largest absolute Gasteiger partial charge is 0.491 e. The van der Waals surface area contributed by atoms with E-state index in [0.29, 0.717) is 12.3 Å². The van der Waals surface area contributed by atoms with Gasteiger partial charge < -0.3 is 20.2 Å². The molecular formula is C24H37NO5. The smallest absolute Gasteiger partial charge is 0.303 e. The lowest BCUT2D eigenvalue weighted by molar-refractivity contribution is -0.137. The number of aliphatic carboxylic acids is 1. The van der Waals surface area contributed by atoms with Gasteiger partial charge >= 0.3 is 5.97 Å². The van der Waals surface area contributed by atoms with E-state index in [1.165, 1.54) is 0 Å². The maximum Gasteiger partial charge on any atom is 0.303 e. The second-order valence-corrected chi connectivity index (χ2v) is 7.91. The Balaban J connectivity index is 2.59. The highest BCUT2D eigenvalue weighted by Gasteiger charge is 2.30. The average Bonchev–Trinajstić information content (AvgIpc) is 3.08. The van der Waals surface area contributed by atoms with Gasteiger partial charge in [-0.2, -0.15) is 0 Å². The summed E-state index contributed by atoms with van der Waals surface area (Å²) in [6.07, 6.45) is 15.8. The number of carbonyl (C=O) groups is 1. The Morgan fingerprint density at radius 3 is 2.73 bits per heavy atom. The minimum Gasteiger partial charge on any atom is -0.491 e. The van der Waals surface area contributed by atoms with Crippen molar-refractivity contribution in [1.29, 1.82) is 0 Å². The molecule has 0 aliphatic heterocycles. The summed E-state index contributed by atoms with van der Waals surface area (Å²) in [6.45, 7) is 6.20. The molecule has 0 heterocycles. The van der Waals surface area contributed by atoms with Gasteiger partial charge in [0.25, 0.3) is 0 Å². The Bertz CT molecular complexity index is 671. The Labute approximate surface area is 180 Å². The lowest BCUT2D eigenvalue weighted by Gasteiger charge is -2.15. The second-order valence-electron chi connectivity index (χ2n) is 7.91. The molecule has 0 aromatic rings. The first kappa shape index (κ1) is 25.7. The summed E-state index contributed by atoms with van der Waals surface area (Å²) in [5.41, 5.74) is 1.87. The van der Waals surface area contributed by atoms with E-state index >= 15 is 0 Å².